The van der Waals surface area contributed by atoms with Crippen LogP contribution in [0.1, 0.15) is 62.3 Å². The number of fused-ring (bicyclic) bond motifs is 1. The maximum absolute atomic E-state index is 6.42. The van der Waals surface area contributed by atoms with E-state index in [2.05, 4.69) is 62.0 Å². The van der Waals surface area contributed by atoms with Gasteiger partial charge in [-0.25, -0.2) is 0 Å². The number of hydrogen-bond donors (Lipinski definition) is 1. The monoisotopic (exact) mass is 302 g/mol. The minimum atomic E-state index is 0.182. The van der Waals surface area contributed by atoms with Crippen LogP contribution in [-0.2, 0) is 6.42 Å². The highest BCUT2D eigenvalue weighted by Gasteiger charge is 2.34. The molecule has 0 saturated heterocycles. The van der Waals surface area contributed by atoms with Crippen molar-refractivity contribution in [2.24, 2.45) is 17.1 Å². The molecule has 2 heterocycles. The predicted molar refractivity (Wildman–Crippen MR) is 90.8 cm³/mol. The van der Waals surface area contributed by atoms with Gasteiger partial charge in [-0.3, -0.25) is 0 Å². The summed E-state index contributed by atoms with van der Waals surface area (Å²) in [5, 5.41) is 2.18. The molecule has 0 amide bonds. The molecule has 2 nitrogen and oxygen atoms in total. The van der Waals surface area contributed by atoms with Gasteiger partial charge < -0.3 is 10.3 Å². The summed E-state index contributed by atoms with van der Waals surface area (Å²) in [5.74, 6) is 0.571. The third-order valence-corrected chi connectivity index (χ3v) is 5.59. The zero-order valence-electron chi connectivity index (χ0n) is 13.5. The van der Waals surface area contributed by atoms with Gasteiger partial charge in [0.2, 0.25) is 0 Å². The van der Waals surface area contributed by atoms with Crippen molar-refractivity contribution < 1.29 is 0 Å². The number of hydrogen-bond acceptors (Lipinski definition) is 2. The highest BCUT2D eigenvalue weighted by atomic mass is 32.1. The van der Waals surface area contributed by atoms with Crippen molar-refractivity contribution in [3.8, 4) is 0 Å². The molecule has 0 saturated carbocycles. The van der Waals surface area contributed by atoms with Gasteiger partial charge in [-0.15, -0.1) is 11.3 Å². The summed E-state index contributed by atoms with van der Waals surface area (Å²) in [5.41, 5.74) is 9.52. The van der Waals surface area contributed by atoms with Gasteiger partial charge in [0.1, 0.15) is 0 Å². The van der Waals surface area contributed by atoms with E-state index in [1.54, 1.807) is 0 Å². The van der Waals surface area contributed by atoms with Crippen molar-refractivity contribution in [1.82, 2.24) is 4.57 Å². The van der Waals surface area contributed by atoms with Crippen LogP contribution in [0, 0.1) is 11.3 Å². The van der Waals surface area contributed by atoms with E-state index in [1.807, 2.05) is 11.3 Å². The molecule has 21 heavy (non-hydrogen) atoms. The second-order valence-electron chi connectivity index (χ2n) is 7.48. The average Bonchev–Trinajstić information content (AvgIpc) is 2.99. The summed E-state index contributed by atoms with van der Waals surface area (Å²) in [6, 6.07) is 7.27. The first-order chi connectivity index (χ1) is 9.89. The van der Waals surface area contributed by atoms with Crippen LogP contribution in [0.4, 0.5) is 0 Å². The largest absolute Gasteiger partial charge is 0.343 e. The van der Waals surface area contributed by atoms with Crippen molar-refractivity contribution in [1.29, 1.82) is 0 Å². The van der Waals surface area contributed by atoms with Crippen molar-refractivity contribution in [2.75, 3.05) is 0 Å². The summed E-state index contributed by atoms with van der Waals surface area (Å²) < 4.78 is 2.49. The Labute approximate surface area is 132 Å². The molecule has 0 aliphatic heterocycles. The van der Waals surface area contributed by atoms with Gasteiger partial charge in [-0.2, -0.15) is 0 Å². The van der Waals surface area contributed by atoms with Gasteiger partial charge in [-0.1, -0.05) is 33.8 Å². The van der Waals surface area contributed by atoms with E-state index in [0.717, 1.165) is 12.8 Å². The van der Waals surface area contributed by atoms with Gasteiger partial charge >= 0.3 is 0 Å². The molecular weight excluding hydrogens is 276 g/mol. The lowest BCUT2D eigenvalue weighted by Gasteiger charge is -2.36. The topological polar surface area (TPSA) is 30.9 Å². The Morgan fingerprint density at radius 3 is 2.71 bits per heavy atom. The van der Waals surface area contributed by atoms with Crippen molar-refractivity contribution in [3.63, 3.8) is 0 Å². The molecule has 2 N–H and O–H groups in total. The summed E-state index contributed by atoms with van der Waals surface area (Å²) in [6.07, 6.45) is 4.46. The summed E-state index contributed by atoms with van der Waals surface area (Å²) in [4.78, 5) is 1.44. The molecule has 0 aromatic carbocycles. The van der Waals surface area contributed by atoms with Crippen molar-refractivity contribution in [2.45, 2.75) is 52.6 Å². The molecule has 2 aromatic heterocycles. The first-order valence-corrected chi connectivity index (χ1v) is 8.75. The fraction of sp³-hybridized carbons (Fsp3) is 0.556. The van der Waals surface area contributed by atoms with Crippen LogP contribution in [0.5, 0.6) is 0 Å². The summed E-state index contributed by atoms with van der Waals surface area (Å²) in [7, 11) is 0. The van der Waals surface area contributed by atoms with Crippen LogP contribution in [0.25, 0.3) is 0 Å². The Kier molecular flexibility index (Phi) is 3.74. The average molecular weight is 302 g/mol. The normalized spacial score (nSPS) is 22.3. The molecule has 1 aliphatic rings. The number of nitrogens with zero attached hydrogens (tertiary/aromatic N) is 1. The number of rotatable bonds is 3. The molecule has 0 fully saturated rings. The van der Waals surface area contributed by atoms with Crippen molar-refractivity contribution in [3.05, 3.63) is 45.9 Å². The second kappa shape index (κ2) is 5.29. The van der Waals surface area contributed by atoms with E-state index < -0.39 is 0 Å². The maximum Gasteiger partial charge on any atom is 0.0698 e. The van der Waals surface area contributed by atoms with Crippen LogP contribution in [-0.4, -0.2) is 4.57 Å². The highest BCUT2D eigenvalue weighted by molar-refractivity contribution is 7.10. The highest BCUT2D eigenvalue weighted by Crippen LogP contribution is 2.42. The van der Waals surface area contributed by atoms with E-state index >= 15 is 0 Å². The minimum Gasteiger partial charge on any atom is -0.343 e. The van der Waals surface area contributed by atoms with Gasteiger partial charge in [0, 0.05) is 22.8 Å². The van der Waals surface area contributed by atoms with E-state index in [0.29, 0.717) is 17.4 Å². The second-order valence-corrected chi connectivity index (χ2v) is 8.46. The lowest BCUT2D eigenvalue weighted by molar-refractivity contribution is 0.270. The van der Waals surface area contributed by atoms with Crippen LogP contribution < -0.4 is 5.73 Å². The van der Waals surface area contributed by atoms with E-state index in [1.165, 1.54) is 16.1 Å². The van der Waals surface area contributed by atoms with Gasteiger partial charge in [0.15, 0.2) is 0 Å². The van der Waals surface area contributed by atoms with E-state index in [4.69, 9.17) is 5.73 Å². The Bertz CT molecular complexity index is 607. The fourth-order valence-corrected chi connectivity index (χ4v) is 4.76. The Morgan fingerprint density at radius 1 is 1.33 bits per heavy atom. The quantitative estimate of drug-likeness (QED) is 0.870. The summed E-state index contributed by atoms with van der Waals surface area (Å²) in [6.45, 7) is 9.29. The fourth-order valence-electron chi connectivity index (χ4n) is 3.76. The first-order valence-electron chi connectivity index (χ1n) is 7.87. The van der Waals surface area contributed by atoms with Crippen LogP contribution in [0.3, 0.4) is 0 Å². The third-order valence-electron chi connectivity index (χ3n) is 4.64. The zero-order valence-corrected chi connectivity index (χ0v) is 14.3. The molecule has 1 aliphatic carbocycles. The zero-order chi connectivity index (χ0) is 15.2. The van der Waals surface area contributed by atoms with Gasteiger partial charge in [-0.05, 0) is 47.3 Å². The lowest BCUT2D eigenvalue weighted by atomic mass is 9.74. The van der Waals surface area contributed by atoms with Crippen LogP contribution in [0.15, 0.2) is 29.8 Å². The Balaban J connectivity index is 2.07. The molecule has 0 spiro atoms. The SMILES string of the molecule is CC(C)C(c1cccs1)n1ccc2c1CC(C)(C)CC2N. The van der Waals surface area contributed by atoms with Gasteiger partial charge in [0.25, 0.3) is 0 Å². The predicted octanol–water partition coefficient (Wildman–Crippen LogP) is 4.77. The number of nitrogens with two attached hydrogens (primary N) is 1. The van der Waals surface area contributed by atoms with Crippen LogP contribution in [0.2, 0.25) is 0 Å². The molecule has 0 radical (unpaired) electrons. The Hall–Kier alpha value is -1.06. The van der Waals surface area contributed by atoms with Gasteiger partial charge in [0.05, 0.1) is 6.04 Å². The Morgan fingerprint density at radius 2 is 2.10 bits per heavy atom. The van der Waals surface area contributed by atoms with Crippen molar-refractivity contribution >= 4 is 11.3 Å². The lowest BCUT2D eigenvalue weighted by Crippen LogP contribution is -2.31. The third kappa shape index (κ3) is 2.69. The molecule has 114 valence electrons. The molecule has 3 rings (SSSR count). The smallest absolute Gasteiger partial charge is 0.0698 e. The molecule has 2 atom stereocenters. The number of thiophene rings is 1. The van der Waals surface area contributed by atoms with E-state index in [-0.39, 0.29) is 6.04 Å². The summed E-state index contributed by atoms with van der Waals surface area (Å²) >= 11 is 1.86. The molecule has 2 aromatic rings. The molecule has 3 heteroatoms. The molecule has 0 bridgehead atoms. The maximum atomic E-state index is 6.42. The first kappa shape index (κ1) is 14.9. The number of aromatic nitrogens is 1. The molecule has 2 unspecified atom stereocenters. The van der Waals surface area contributed by atoms with Crippen LogP contribution >= 0.6 is 11.3 Å². The standard InChI is InChI=1S/C18H26N2S/c1-12(2)17(16-6-5-9-21-16)20-8-7-13-14(19)10-18(3,4)11-15(13)20/h5-9,12,14,17H,10-11,19H2,1-4H3. The van der Waals surface area contributed by atoms with E-state index in [9.17, 15) is 0 Å². The minimum absolute atomic E-state index is 0.182. The molecular formula is C18H26N2S.